The van der Waals surface area contributed by atoms with Gasteiger partial charge in [-0.25, -0.2) is 4.79 Å². The van der Waals surface area contributed by atoms with E-state index in [0.29, 0.717) is 18.6 Å². The van der Waals surface area contributed by atoms with Crippen LogP contribution in [-0.2, 0) is 0 Å². The van der Waals surface area contributed by atoms with Crippen molar-refractivity contribution in [1.82, 2.24) is 9.47 Å². The summed E-state index contributed by atoms with van der Waals surface area (Å²) in [6.07, 6.45) is 7.17. The van der Waals surface area contributed by atoms with Gasteiger partial charge in [0.25, 0.3) is 0 Å². The number of fused-ring (bicyclic) bond motifs is 1. The number of carboxylic acid groups (broad SMARTS) is 1. The number of likely N-dealkylation sites (tertiary alicyclic amines) is 1. The highest BCUT2D eigenvalue weighted by Crippen LogP contribution is 2.36. The molecular formula is C27H34N2O3. The second kappa shape index (κ2) is 10.2. The van der Waals surface area contributed by atoms with Gasteiger partial charge in [0.2, 0.25) is 0 Å². The second-order valence-electron chi connectivity index (χ2n) is 8.94. The number of ether oxygens (including phenoxy) is 1. The maximum Gasteiger partial charge on any atom is 0.335 e. The zero-order chi connectivity index (χ0) is 22.5. The zero-order valence-electron chi connectivity index (χ0n) is 19.2. The molecule has 2 aromatic carbocycles. The molecule has 1 aliphatic heterocycles. The largest absolute Gasteiger partial charge is 0.492 e. The molecule has 0 aliphatic carbocycles. The molecule has 1 saturated heterocycles. The number of para-hydroxylation sites is 1. The van der Waals surface area contributed by atoms with Crippen LogP contribution in [0.25, 0.3) is 10.9 Å². The molecule has 1 N–H and O–H groups in total. The maximum atomic E-state index is 10.9. The highest BCUT2D eigenvalue weighted by atomic mass is 16.5. The van der Waals surface area contributed by atoms with Crippen LogP contribution in [0.3, 0.4) is 0 Å². The Hall–Kier alpha value is -2.79. The first-order valence-corrected chi connectivity index (χ1v) is 11.8. The van der Waals surface area contributed by atoms with Crippen LogP contribution in [0.5, 0.6) is 5.75 Å². The number of carbonyl (C=O) groups is 1. The van der Waals surface area contributed by atoms with Gasteiger partial charge >= 0.3 is 5.97 Å². The Morgan fingerprint density at radius 3 is 2.53 bits per heavy atom. The quantitative estimate of drug-likeness (QED) is 0.451. The highest BCUT2D eigenvalue weighted by Gasteiger charge is 2.24. The predicted octanol–water partition coefficient (Wildman–Crippen LogP) is 5.96. The first-order valence-electron chi connectivity index (χ1n) is 11.8. The Balaban J connectivity index is 1.33. The van der Waals surface area contributed by atoms with Crippen molar-refractivity contribution in [3.05, 3.63) is 65.9 Å². The fourth-order valence-electron chi connectivity index (χ4n) is 4.93. The maximum absolute atomic E-state index is 10.9. The molecule has 1 unspecified atom stereocenters. The molecule has 1 atom stereocenters. The molecule has 0 bridgehead atoms. The summed E-state index contributed by atoms with van der Waals surface area (Å²) in [7, 11) is 0. The van der Waals surface area contributed by atoms with E-state index in [9.17, 15) is 4.79 Å². The molecule has 0 spiro atoms. The number of piperidine rings is 1. The van der Waals surface area contributed by atoms with Crippen molar-refractivity contribution in [2.75, 3.05) is 26.2 Å². The number of aromatic carboxylic acids is 1. The molecule has 32 heavy (non-hydrogen) atoms. The van der Waals surface area contributed by atoms with Gasteiger partial charge in [0, 0.05) is 29.7 Å². The van der Waals surface area contributed by atoms with Gasteiger partial charge in [0.05, 0.1) is 5.56 Å². The van der Waals surface area contributed by atoms with Gasteiger partial charge in [-0.1, -0.05) is 31.5 Å². The SMILES string of the molecule is CCCC(C)n1cc(C2CCN(CCOc3ccc(C(=O)O)cc3)CC2)c2ccccc21. The predicted molar refractivity (Wildman–Crippen MR) is 129 cm³/mol. The lowest BCUT2D eigenvalue weighted by molar-refractivity contribution is 0.0697. The van der Waals surface area contributed by atoms with E-state index in [-0.39, 0.29) is 5.56 Å². The van der Waals surface area contributed by atoms with Crippen LogP contribution in [0.4, 0.5) is 0 Å². The average Bonchev–Trinajstić information content (AvgIpc) is 3.20. The molecule has 5 heteroatoms. The smallest absolute Gasteiger partial charge is 0.335 e. The number of hydrogen-bond acceptors (Lipinski definition) is 3. The van der Waals surface area contributed by atoms with Crippen LogP contribution < -0.4 is 4.74 Å². The van der Waals surface area contributed by atoms with E-state index in [4.69, 9.17) is 9.84 Å². The average molecular weight is 435 g/mol. The van der Waals surface area contributed by atoms with Crippen LogP contribution in [0.2, 0.25) is 0 Å². The van der Waals surface area contributed by atoms with Gasteiger partial charge in [0.15, 0.2) is 0 Å². The fourth-order valence-corrected chi connectivity index (χ4v) is 4.93. The molecule has 1 fully saturated rings. The lowest BCUT2D eigenvalue weighted by Crippen LogP contribution is -2.35. The fraction of sp³-hybridized carbons (Fsp3) is 0.444. The van der Waals surface area contributed by atoms with Gasteiger partial charge in [-0.15, -0.1) is 0 Å². The van der Waals surface area contributed by atoms with E-state index in [1.807, 2.05) is 0 Å². The lowest BCUT2D eigenvalue weighted by Gasteiger charge is -2.31. The number of nitrogens with zero attached hydrogens (tertiary/aromatic N) is 2. The van der Waals surface area contributed by atoms with Crippen LogP contribution in [0.1, 0.15) is 67.4 Å². The minimum absolute atomic E-state index is 0.282. The number of hydrogen-bond donors (Lipinski definition) is 1. The van der Waals surface area contributed by atoms with E-state index < -0.39 is 5.97 Å². The van der Waals surface area contributed by atoms with Crippen molar-refractivity contribution in [3.8, 4) is 5.75 Å². The topological polar surface area (TPSA) is 54.7 Å². The highest BCUT2D eigenvalue weighted by molar-refractivity contribution is 5.87. The van der Waals surface area contributed by atoms with E-state index in [1.165, 1.54) is 42.1 Å². The molecule has 170 valence electrons. The van der Waals surface area contributed by atoms with Crippen LogP contribution in [0, 0.1) is 0 Å². The molecule has 2 heterocycles. The molecule has 5 nitrogen and oxygen atoms in total. The number of benzene rings is 2. The number of rotatable bonds is 9. The Kier molecular flexibility index (Phi) is 7.15. The summed E-state index contributed by atoms with van der Waals surface area (Å²) in [6, 6.07) is 16.0. The van der Waals surface area contributed by atoms with E-state index in [1.54, 1.807) is 24.3 Å². The van der Waals surface area contributed by atoms with Crippen LogP contribution in [0.15, 0.2) is 54.7 Å². The summed E-state index contributed by atoms with van der Waals surface area (Å²) < 4.78 is 8.32. The Bertz CT molecular complexity index is 1030. The Labute approximate surface area is 190 Å². The summed E-state index contributed by atoms with van der Waals surface area (Å²) in [6.45, 7) is 8.25. The Morgan fingerprint density at radius 2 is 1.84 bits per heavy atom. The summed E-state index contributed by atoms with van der Waals surface area (Å²) in [4.78, 5) is 13.4. The molecule has 0 saturated carbocycles. The molecule has 1 aromatic heterocycles. The summed E-state index contributed by atoms with van der Waals surface area (Å²) >= 11 is 0. The van der Waals surface area contributed by atoms with Crippen molar-refractivity contribution in [2.24, 2.45) is 0 Å². The van der Waals surface area contributed by atoms with Crippen molar-refractivity contribution in [2.45, 2.75) is 51.5 Å². The minimum Gasteiger partial charge on any atom is -0.492 e. The lowest BCUT2D eigenvalue weighted by atomic mass is 9.89. The zero-order valence-corrected chi connectivity index (χ0v) is 19.2. The van der Waals surface area contributed by atoms with E-state index >= 15 is 0 Å². The van der Waals surface area contributed by atoms with E-state index in [2.05, 4.69) is 53.8 Å². The third-order valence-corrected chi connectivity index (χ3v) is 6.76. The Morgan fingerprint density at radius 1 is 1.12 bits per heavy atom. The van der Waals surface area contributed by atoms with Crippen LogP contribution in [-0.4, -0.2) is 46.8 Å². The first-order chi connectivity index (χ1) is 15.6. The summed E-state index contributed by atoms with van der Waals surface area (Å²) in [5, 5.41) is 10.4. The minimum atomic E-state index is -0.914. The second-order valence-corrected chi connectivity index (χ2v) is 8.94. The number of carboxylic acids is 1. The molecule has 4 rings (SSSR count). The standard InChI is InChI=1S/C27H34N2O3/c1-3-6-20(2)29-19-25(24-7-4-5-8-26(24)29)21-13-15-28(16-14-21)17-18-32-23-11-9-22(10-12-23)27(30)31/h4-5,7-12,19-21H,3,6,13-18H2,1-2H3,(H,30,31). The molecule has 0 radical (unpaired) electrons. The first kappa shape index (κ1) is 22.4. The van der Waals surface area contributed by atoms with Crippen molar-refractivity contribution in [1.29, 1.82) is 0 Å². The van der Waals surface area contributed by atoms with Crippen molar-refractivity contribution in [3.63, 3.8) is 0 Å². The van der Waals surface area contributed by atoms with Gasteiger partial charge in [-0.05, 0) is 81.1 Å². The number of aromatic nitrogens is 1. The molecule has 1 aliphatic rings. The van der Waals surface area contributed by atoms with E-state index in [0.717, 1.165) is 25.4 Å². The van der Waals surface area contributed by atoms with Gasteiger partial charge < -0.3 is 14.4 Å². The summed E-state index contributed by atoms with van der Waals surface area (Å²) in [5.74, 6) is 0.414. The van der Waals surface area contributed by atoms with Gasteiger partial charge in [0.1, 0.15) is 12.4 Å². The summed E-state index contributed by atoms with van der Waals surface area (Å²) in [5.41, 5.74) is 3.16. The monoisotopic (exact) mass is 434 g/mol. The normalized spacial score (nSPS) is 16.3. The van der Waals surface area contributed by atoms with Crippen LogP contribution >= 0.6 is 0 Å². The third kappa shape index (κ3) is 4.99. The van der Waals surface area contributed by atoms with Gasteiger partial charge in [-0.3, -0.25) is 4.90 Å². The van der Waals surface area contributed by atoms with Crippen molar-refractivity contribution >= 4 is 16.9 Å². The molecule has 0 amide bonds. The molecular weight excluding hydrogens is 400 g/mol. The van der Waals surface area contributed by atoms with Crippen molar-refractivity contribution < 1.29 is 14.6 Å². The molecule has 3 aromatic rings. The third-order valence-electron chi connectivity index (χ3n) is 6.76. The van der Waals surface area contributed by atoms with Gasteiger partial charge in [-0.2, -0.15) is 0 Å².